The summed E-state index contributed by atoms with van der Waals surface area (Å²) in [5, 5.41) is 7.63. The van der Waals surface area contributed by atoms with Crippen molar-refractivity contribution in [2.75, 3.05) is 18.4 Å². The maximum absolute atomic E-state index is 13.3. The van der Waals surface area contributed by atoms with Gasteiger partial charge in [-0.2, -0.15) is 5.10 Å². The Morgan fingerprint density at radius 3 is 2.40 bits per heavy atom. The zero-order valence-electron chi connectivity index (χ0n) is 17.7. The van der Waals surface area contributed by atoms with Crippen LogP contribution in [0.25, 0.3) is 0 Å². The van der Waals surface area contributed by atoms with Gasteiger partial charge in [-0.15, -0.1) is 0 Å². The number of aromatic nitrogens is 3. The van der Waals surface area contributed by atoms with Crippen molar-refractivity contribution in [1.82, 2.24) is 19.7 Å². The summed E-state index contributed by atoms with van der Waals surface area (Å²) in [7, 11) is 0. The van der Waals surface area contributed by atoms with Crippen LogP contribution < -0.4 is 5.32 Å². The first-order valence-corrected chi connectivity index (χ1v) is 11.3. The molecule has 3 heterocycles. The number of piperidine rings is 1. The van der Waals surface area contributed by atoms with Crippen LogP contribution in [0.4, 0.5) is 5.82 Å². The van der Waals surface area contributed by atoms with Crippen LogP contribution in [0.5, 0.6) is 0 Å². The molecule has 2 aromatic rings. The quantitative estimate of drug-likeness (QED) is 0.722. The van der Waals surface area contributed by atoms with Crippen molar-refractivity contribution in [3.8, 4) is 0 Å². The SMILES string of the molecule is CC(C)(C)n1nc(C2CC2)cc1C(=O)N1CCC(C(=O)Nc2ccc(Br)cn2)CC1. The maximum Gasteiger partial charge on any atom is 0.272 e. The minimum absolute atomic E-state index is 0.0118. The van der Waals surface area contributed by atoms with Crippen molar-refractivity contribution in [3.05, 3.63) is 40.3 Å². The minimum atomic E-state index is -0.256. The second-order valence-electron chi connectivity index (χ2n) is 9.23. The Morgan fingerprint density at radius 1 is 1.13 bits per heavy atom. The molecule has 2 amide bonds. The Hall–Kier alpha value is -2.22. The zero-order chi connectivity index (χ0) is 21.5. The van der Waals surface area contributed by atoms with Gasteiger partial charge in [0, 0.05) is 35.6 Å². The summed E-state index contributed by atoms with van der Waals surface area (Å²) in [4.78, 5) is 31.9. The molecule has 0 aromatic carbocycles. The average molecular weight is 474 g/mol. The molecule has 0 bridgehead atoms. The predicted octanol–water partition coefficient (Wildman–Crippen LogP) is 4.16. The molecule has 2 aliphatic rings. The lowest BCUT2D eigenvalue weighted by Gasteiger charge is -2.32. The van der Waals surface area contributed by atoms with E-state index in [1.54, 1.807) is 12.3 Å². The van der Waals surface area contributed by atoms with E-state index in [0.29, 0.717) is 43.4 Å². The van der Waals surface area contributed by atoms with Gasteiger partial charge in [-0.1, -0.05) is 0 Å². The van der Waals surface area contributed by atoms with Crippen LogP contribution in [-0.2, 0) is 10.3 Å². The highest BCUT2D eigenvalue weighted by atomic mass is 79.9. The molecule has 8 heteroatoms. The molecule has 1 saturated carbocycles. The Balaban J connectivity index is 1.40. The summed E-state index contributed by atoms with van der Waals surface area (Å²) < 4.78 is 2.74. The van der Waals surface area contributed by atoms with Gasteiger partial charge < -0.3 is 10.2 Å². The van der Waals surface area contributed by atoms with Crippen LogP contribution in [0.15, 0.2) is 28.9 Å². The second kappa shape index (κ2) is 8.13. The van der Waals surface area contributed by atoms with E-state index < -0.39 is 0 Å². The zero-order valence-corrected chi connectivity index (χ0v) is 19.3. The largest absolute Gasteiger partial charge is 0.337 e. The van der Waals surface area contributed by atoms with E-state index >= 15 is 0 Å². The first kappa shape index (κ1) is 21.0. The summed E-state index contributed by atoms with van der Waals surface area (Å²) in [5.41, 5.74) is 1.43. The number of amides is 2. The molecule has 0 spiro atoms. The smallest absolute Gasteiger partial charge is 0.272 e. The van der Waals surface area contributed by atoms with Gasteiger partial charge in [0.2, 0.25) is 5.91 Å². The highest BCUT2D eigenvalue weighted by molar-refractivity contribution is 9.10. The third-order valence-electron chi connectivity index (χ3n) is 5.71. The lowest BCUT2D eigenvalue weighted by atomic mass is 9.95. The Morgan fingerprint density at radius 2 is 1.83 bits per heavy atom. The van der Waals surface area contributed by atoms with Crippen LogP contribution in [0.1, 0.15) is 68.6 Å². The number of carbonyl (C=O) groups is 2. The van der Waals surface area contributed by atoms with Crippen LogP contribution in [0, 0.1) is 5.92 Å². The molecule has 160 valence electrons. The lowest BCUT2D eigenvalue weighted by Crippen LogP contribution is -2.43. The molecule has 0 atom stereocenters. The van der Waals surface area contributed by atoms with E-state index in [-0.39, 0.29) is 23.3 Å². The molecule has 1 aliphatic heterocycles. The highest BCUT2D eigenvalue weighted by Crippen LogP contribution is 2.40. The van der Waals surface area contributed by atoms with Gasteiger partial charge in [0.15, 0.2) is 0 Å². The highest BCUT2D eigenvalue weighted by Gasteiger charge is 2.34. The van der Waals surface area contributed by atoms with E-state index in [4.69, 9.17) is 5.10 Å². The number of nitrogens with one attached hydrogen (secondary N) is 1. The van der Waals surface area contributed by atoms with Gasteiger partial charge in [0.25, 0.3) is 5.91 Å². The number of anilines is 1. The van der Waals surface area contributed by atoms with E-state index in [2.05, 4.69) is 47.0 Å². The van der Waals surface area contributed by atoms with Gasteiger partial charge >= 0.3 is 0 Å². The lowest BCUT2D eigenvalue weighted by molar-refractivity contribution is -0.121. The molecule has 4 rings (SSSR count). The summed E-state index contributed by atoms with van der Waals surface area (Å²) in [5.74, 6) is 0.907. The molecule has 1 saturated heterocycles. The summed E-state index contributed by atoms with van der Waals surface area (Å²) in [6.45, 7) is 7.35. The van der Waals surface area contributed by atoms with Crippen molar-refractivity contribution in [3.63, 3.8) is 0 Å². The van der Waals surface area contributed by atoms with E-state index in [1.165, 1.54) is 0 Å². The van der Waals surface area contributed by atoms with Crippen LogP contribution in [-0.4, -0.2) is 44.6 Å². The van der Waals surface area contributed by atoms with Crippen LogP contribution >= 0.6 is 15.9 Å². The number of carbonyl (C=O) groups excluding carboxylic acids is 2. The molecule has 0 unspecified atom stereocenters. The number of likely N-dealkylation sites (tertiary alicyclic amines) is 1. The fourth-order valence-corrected chi connectivity index (χ4v) is 4.06. The fraction of sp³-hybridized carbons (Fsp3) is 0.545. The molecular weight excluding hydrogens is 446 g/mol. The Kier molecular flexibility index (Phi) is 5.70. The molecule has 30 heavy (non-hydrogen) atoms. The third kappa shape index (κ3) is 4.58. The van der Waals surface area contributed by atoms with Crippen molar-refractivity contribution in [2.24, 2.45) is 5.92 Å². The molecule has 2 fully saturated rings. The van der Waals surface area contributed by atoms with Gasteiger partial charge in [0.1, 0.15) is 11.5 Å². The second-order valence-corrected chi connectivity index (χ2v) is 10.1. The van der Waals surface area contributed by atoms with Gasteiger partial charge in [-0.05, 0) is 80.6 Å². The number of rotatable bonds is 4. The number of pyridine rings is 1. The standard InChI is InChI=1S/C22H28BrN5O2/c1-22(2,3)28-18(12-17(26-28)14-4-5-14)21(30)27-10-8-15(9-11-27)20(29)25-19-7-6-16(23)13-24-19/h6-7,12-15H,4-5,8-11H2,1-3H3,(H,24,25,29). The van der Waals surface area contributed by atoms with Gasteiger partial charge in [0.05, 0.1) is 11.2 Å². The first-order valence-electron chi connectivity index (χ1n) is 10.5. The topological polar surface area (TPSA) is 80.1 Å². The van der Waals surface area contributed by atoms with Gasteiger partial charge in [-0.3, -0.25) is 14.3 Å². The fourth-order valence-electron chi connectivity index (χ4n) is 3.83. The van der Waals surface area contributed by atoms with Crippen molar-refractivity contribution in [1.29, 1.82) is 0 Å². The van der Waals surface area contributed by atoms with Crippen molar-refractivity contribution < 1.29 is 9.59 Å². The molecule has 2 aromatic heterocycles. The van der Waals surface area contributed by atoms with Crippen molar-refractivity contribution in [2.45, 2.75) is 57.9 Å². The van der Waals surface area contributed by atoms with E-state index in [0.717, 1.165) is 23.0 Å². The molecule has 1 N–H and O–H groups in total. The number of hydrogen-bond donors (Lipinski definition) is 1. The van der Waals surface area contributed by atoms with Gasteiger partial charge in [-0.25, -0.2) is 4.98 Å². The Labute approximate surface area is 185 Å². The molecule has 1 aliphatic carbocycles. The number of hydrogen-bond acceptors (Lipinski definition) is 4. The molecule has 0 radical (unpaired) electrons. The number of halogens is 1. The number of nitrogens with zero attached hydrogens (tertiary/aromatic N) is 4. The summed E-state index contributed by atoms with van der Waals surface area (Å²) in [6.07, 6.45) is 5.26. The normalized spacial score (nSPS) is 17.8. The summed E-state index contributed by atoms with van der Waals surface area (Å²) >= 11 is 3.34. The maximum atomic E-state index is 13.3. The average Bonchev–Trinajstić information content (AvgIpc) is 3.46. The van der Waals surface area contributed by atoms with Crippen LogP contribution in [0.3, 0.4) is 0 Å². The monoisotopic (exact) mass is 473 g/mol. The third-order valence-corrected chi connectivity index (χ3v) is 6.18. The minimum Gasteiger partial charge on any atom is -0.337 e. The molecule has 7 nitrogen and oxygen atoms in total. The first-order chi connectivity index (χ1) is 14.2. The Bertz CT molecular complexity index is 935. The predicted molar refractivity (Wildman–Crippen MR) is 118 cm³/mol. The van der Waals surface area contributed by atoms with E-state index in [9.17, 15) is 9.59 Å². The summed E-state index contributed by atoms with van der Waals surface area (Å²) in [6, 6.07) is 5.59. The molecular formula is C22H28BrN5O2. The van der Waals surface area contributed by atoms with Crippen LogP contribution in [0.2, 0.25) is 0 Å². The van der Waals surface area contributed by atoms with Crippen molar-refractivity contribution >= 4 is 33.6 Å². The van der Waals surface area contributed by atoms with E-state index in [1.807, 2.05) is 21.7 Å².